The van der Waals surface area contributed by atoms with E-state index in [4.69, 9.17) is 14.7 Å². The molecule has 0 unspecified atom stereocenters. The second-order valence-electron chi connectivity index (χ2n) is 11.1. The van der Waals surface area contributed by atoms with Crippen molar-refractivity contribution in [2.45, 2.75) is 52.0 Å². The molecule has 0 bridgehead atoms. The number of hydrogen-bond acceptors (Lipinski definition) is 10. The fourth-order valence-corrected chi connectivity index (χ4v) is 6.20. The number of nitrogens with one attached hydrogen (secondary N) is 3. The Morgan fingerprint density at radius 2 is 1.40 bits per heavy atom. The Labute approximate surface area is 258 Å². The van der Waals surface area contributed by atoms with E-state index in [1.54, 1.807) is 23.4 Å². The second kappa shape index (κ2) is 13.3. The van der Waals surface area contributed by atoms with Crippen LogP contribution in [0.25, 0.3) is 21.8 Å². The number of fused-ring (bicyclic) bond motifs is 6. The molecule has 2 aliphatic heterocycles. The first-order valence-electron chi connectivity index (χ1n) is 15.0. The zero-order chi connectivity index (χ0) is 31.3. The molecule has 2 aliphatic rings. The van der Waals surface area contributed by atoms with Crippen LogP contribution in [0.15, 0.2) is 46.0 Å². The number of anilines is 2. The van der Waals surface area contributed by atoms with Gasteiger partial charge in [-0.2, -0.15) is 10.5 Å². The minimum atomic E-state index is 0.000609. The minimum Gasteiger partial charge on any atom is -0.384 e. The summed E-state index contributed by atoms with van der Waals surface area (Å²) in [4.78, 5) is 25.5. The van der Waals surface area contributed by atoms with Crippen molar-refractivity contribution in [2.24, 2.45) is 0 Å². The average Bonchev–Trinajstić information content (AvgIpc) is 3.58. The van der Waals surface area contributed by atoms with Crippen molar-refractivity contribution in [3.05, 3.63) is 85.2 Å². The summed E-state index contributed by atoms with van der Waals surface area (Å²) in [5, 5.41) is 31.6. The summed E-state index contributed by atoms with van der Waals surface area (Å²) in [5.74, 6) is 0.617. The van der Waals surface area contributed by atoms with E-state index < -0.39 is 0 Å². The van der Waals surface area contributed by atoms with E-state index in [-0.39, 0.29) is 24.6 Å². The SMILES string of the molecule is COCn1c(=O)c2c(c3ccc(CC#N)cc31)NCCC2.COCn1c(=O)c2c(c3ccc(Cc4nn[nH]n4)cc31)NCCC2. The maximum Gasteiger partial charge on any atom is 0.258 e. The number of aromatic nitrogens is 6. The lowest BCUT2D eigenvalue weighted by molar-refractivity contribution is 0.131. The van der Waals surface area contributed by atoms with E-state index in [1.165, 1.54) is 0 Å². The largest absolute Gasteiger partial charge is 0.384 e. The number of rotatable bonds is 7. The number of aromatic amines is 1. The summed E-state index contributed by atoms with van der Waals surface area (Å²) in [7, 11) is 3.17. The molecule has 0 atom stereocenters. The van der Waals surface area contributed by atoms with Gasteiger partial charge in [-0.3, -0.25) is 18.7 Å². The standard InChI is InChI=1S/C16H18N6O2.C16H17N3O2/c1-24-9-22-13-7-10(8-14-18-20-21-19-14)4-5-11(13)15-12(16(22)23)3-2-6-17-15;1-21-10-19-14-9-11(6-7-17)4-5-12(14)15-13(16(19)20)3-2-8-18-15/h4-5,7,17H,2-3,6,8-9H2,1H3,(H,18,19,20,21);4-5,9,18H,2-3,6,8,10H2,1H3. The Morgan fingerprint density at radius 3 is 1.91 bits per heavy atom. The van der Waals surface area contributed by atoms with Gasteiger partial charge >= 0.3 is 0 Å². The maximum atomic E-state index is 12.8. The van der Waals surface area contributed by atoms with Gasteiger partial charge in [0.05, 0.1) is 34.9 Å². The molecular weight excluding hydrogens is 574 g/mol. The van der Waals surface area contributed by atoms with Crippen LogP contribution in [0.5, 0.6) is 0 Å². The molecule has 0 spiro atoms. The fourth-order valence-electron chi connectivity index (χ4n) is 6.20. The van der Waals surface area contributed by atoms with Crippen molar-refractivity contribution in [3.63, 3.8) is 0 Å². The number of pyridine rings is 2. The normalized spacial score (nSPS) is 13.6. The lowest BCUT2D eigenvalue weighted by atomic mass is 9.99. The molecule has 13 nitrogen and oxygen atoms in total. The number of H-pyrrole nitrogens is 1. The zero-order valence-corrected chi connectivity index (χ0v) is 25.4. The highest BCUT2D eigenvalue weighted by atomic mass is 16.5. The molecule has 5 aromatic rings. The molecule has 0 saturated heterocycles. The molecule has 0 radical (unpaired) electrons. The molecule has 2 aromatic carbocycles. The number of nitrogens with zero attached hydrogens (tertiary/aromatic N) is 6. The van der Waals surface area contributed by atoms with Crippen LogP contribution < -0.4 is 21.8 Å². The first kappa shape index (κ1) is 30.0. The van der Waals surface area contributed by atoms with Crippen LogP contribution in [0, 0.1) is 11.3 Å². The van der Waals surface area contributed by atoms with Crippen molar-refractivity contribution in [1.82, 2.24) is 29.8 Å². The van der Waals surface area contributed by atoms with E-state index in [1.807, 2.05) is 36.4 Å². The topological polar surface area (TPSA) is 165 Å². The average molecular weight is 610 g/mol. The number of benzene rings is 2. The van der Waals surface area contributed by atoms with Gasteiger partial charge in [0.2, 0.25) is 0 Å². The van der Waals surface area contributed by atoms with Crippen molar-refractivity contribution in [2.75, 3.05) is 37.9 Å². The number of tetrazole rings is 1. The molecule has 13 heteroatoms. The highest BCUT2D eigenvalue weighted by molar-refractivity contribution is 5.95. The van der Waals surface area contributed by atoms with Crippen LogP contribution in [-0.4, -0.2) is 57.1 Å². The highest BCUT2D eigenvalue weighted by Gasteiger charge is 2.21. The lowest BCUT2D eigenvalue weighted by Crippen LogP contribution is -2.29. The van der Waals surface area contributed by atoms with Gasteiger partial charge in [0.1, 0.15) is 13.5 Å². The van der Waals surface area contributed by atoms with Crippen LogP contribution in [0.2, 0.25) is 0 Å². The first-order chi connectivity index (χ1) is 22.0. The Morgan fingerprint density at radius 1 is 0.844 bits per heavy atom. The molecule has 3 aromatic heterocycles. The summed E-state index contributed by atoms with van der Waals surface area (Å²) in [6.45, 7) is 2.23. The summed E-state index contributed by atoms with van der Waals surface area (Å²) >= 11 is 0. The smallest absolute Gasteiger partial charge is 0.258 e. The van der Waals surface area contributed by atoms with Gasteiger partial charge < -0.3 is 20.1 Å². The van der Waals surface area contributed by atoms with Crippen LogP contribution in [0.1, 0.15) is 40.9 Å². The number of ether oxygens (including phenoxy) is 2. The van der Waals surface area contributed by atoms with Gasteiger partial charge in [-0.25, -0.2) is 0 Å². The second-order valence-corrected chi connectivity index (χ2v) is 11.1. The molecule has 45 heavy (non-hydrogen) atoms. The summed E-state index contributed by atoms with van der Waals surface area (Å²) < 4.78 is 13.8. The third kappa shape index (κ3) is 5.90. The summed E-state index contributed by atoms with van der Waals surface area (Å²) in [5.41, 5.74) is 7.20. The molecule has 0 amide bonds. The maximum absolute atomic E-state index is 12.8. The van der Waals surface area contributed by atoms with E-state index >= 15 is 0 Å². The van der Waals surface area contributed by atoms with Crippen LogP contribution >= 0.6 is 0 Å². The molecule has 0 aliphatic carbocycles. The Kier molecular flexibility index (Phi) is 8.86. The van der Waals surface area contributed by atoms with Gasteiger partial charge in [-0.05, 0) is 48.9 Å². The first-order valence-corrected chi connectivity index (χ1v) is 15.0. The quantitative estimate of drug-likeness (QED) is 0.250. The lowest BCUT2D eigenvalue weighted by Gasteiger charge is -2.22. The van der Waals surface area contributed by atoms with Crippen LogP contribution in [-0.2, 0) is 48.6 Å². The van der Waals surface area contributed by atoms with Gasteiger partial charge in [0.15, 0.2) is 5.82 Å². The predicted molar refractivity (Wildman–Crippen MR) is 170 cm³/mol. The van der Waals surface area contributed by atoms with Gasteiger partial charge in [0, 0.05) is 55.6 Å². The van der Waals surface area contributed by atoms with Gasteiger partial charge in [0.25, 0.3) is 11.1 Å². The number of nitriles is 1. The van der Waals surface area contributed by atoms with Gasteiger partial charge in [-0.1, -0.05) is 29.5 Å². The molecule has 0 saturated carbocycles. The van der Waals surface area contributed by atoms with Gasteiger partial charge in [-0.15, -0.1) is 10.2 Å². The molecule has 7 rings (SSSR count). The predicted octanol–water partition coefficient (Wildman–Crippen LogP) is 3.10. The Hall–Kier alpha value is -5.06. The molecule has 0 fully saturated rings. The Bertz CT molecular complexity index is 2010. The highest BCUT2D eigenvalue weighted by Crippen LogP contribution is 2.31. The minimum absolute atomic E-state index is 0.000609. The van der Waals surface area contributed by atoms with E-state index in [9.17, 15) is 9.59 Å². The summed E-state index contributed by atoms with van der Waals surface area (Å²) in [6, 6.07) is 14.1. The third-order valence-electron chi connectivity index (χ3n) is 8.22. The number of methoxy groups -OCH3 is 2. The van der Waals surface area contributed by atoms with Crippen molar-refractivity contribution < 1.29 is 9.47 Å². The zero-order valence-electron chi connectivity index (χ0n) is 25.4. The summed E-state index contributed by atoms with van der Waals surface area (Å²) in [6.07, 6.45) is 4.41. The van der Waals surface area contributed by atoms with Crippen molar-refractivity contribution in [3.8, 4) is 6.07 Å². The van der Waals surface area contributed by atoms with Crippen LogP contribution in [0.3, 0.4) is 0 Å². The number of hydrogen-bond donors (Lipinski definition) is 3. The fraction of sp³-hybridized carbons (Fsp3) is 0.375. The van der Waals surface area contributed by atoms with E-state index in [0.29, 0.717) is 18.7 Å². The van der Waals surface area contributed by atoms with Crippen molar-refractivity contribution >= 4 is 33.2 Å². The molecule has 5 heterocycles. The van der Waals surface area contributed by atoms with E-state index in [2.05, 4.69) is 37.3 Å². The molecule has 232 valence electrons. The molecule has 3 N–H and O–H groups in total. The molecular formula is C32H35N9O4. The van der Waals surface area contributed by atoms with Crippen molar-refractivity contribution in [1.29, 1.82) is 5.26 Å². The van der Waals surface area contributed by atoms with Crippen LogP contribution in [0.4, 0.5) is 11.4 Å². The van der Waals surface area contributed by atoms with E-state index in [0.717, 1.165) is 94.2 Å². The third-order valence-corrected chi connectivity index (χ3v) is 8.22. The monoisotopic (exact) mass is 609 g/mol. The Balaban J connectivity index is 0.000000160.